The molecule has 1 unspecified atom stereocenters. The zero-order valence-electron chi connectivity index (χ0n) is 11.5. The summed E-state index contributed by atoms with van der Waals surface area (Å²) in [7, 11) is 0. The molecule has 3 heterocycles. The second-order valence-electron chi connectivity index (χ2n) is 4.98. The Balaban J connectivity index is 1.88. The molecule has 1 fully saturated rings. The van der Waals surface area contributed by atoms with Crippen LogP contribution >= 0.6 is 11.3 Å². The number of carbonyl (C=O) groups excluding carboxylic acids is 1. The van der Waals surface area contributed by atoms with Crippen LogP contribution in [0.25, 0.3) is 10.2 Å². The number of carbonyl (C=O) groups is 1. The first-order valence-corrected chi connectivity index (χ1v) is 7.91. The number of nitrogens with zero attached hydrogens (tertiary/aromatic N) is 3. The number of aromatic nitrogens is 2. The van der Waals surface area contributed by atoms with Crippen LogP contribution in [0.1, 0.15) is 26.2 Å². The third kappa shape index (κ3) is 2.35. The summed E-state index contributed by atoms with van der Waals surface area (Å²) in [6.45, 7) is 3.68. The zero-order valence-corrected chi connectivity index (χ0v) is 12.3. The van der Waals surface area contributed by atoms with E-state index in [-0.39, 0.29) is 11.9 Å². The van der Waals surface area contributed by atoms with E-state index in [9.17, 15) is 4.79 Å². The highest BCUT2D eigenvalue weighted by Gasteiger charge is 2.32. The van der Waals surface area contributed by atoms with Gasteiger partial charge < -0.3 is 10.2 Å². The maximum Gasteiger partial charge on any atom is 0.242 e. The van der Waals surface area contributed by atoms with E-state index in [0.29, 0.717) is 0 Å². The Hall–Kier alpha value is -1.69. The van der Waals surface area contributed by atoms with Crippen LogP contribution in [0.4, 0.5) is 5.82 Å². The molecule has 1 N–H and O–H groups in total. The van der Waals surface area contributed by atoms with Crippen LogP contribution in [-0.4, -0.2) is 35.0 Å². The molecule has 106 valence electrons. The summed E-state index contributed by atoms with van der Waals surface area (Å²) in [6, 6.07) is 1.94. The lowest BCUT2D eigenvalue weighted by molar-refractivity contribution is -0.122. The SMILES string of the molecule is CCCNC(=O)C1CCCN1c1ncnc2sccc12. The van der Waals surface area contributed by atoms with Crippen LogP contribution in [0.3, 0.4) is 0 Å². The summed E-state index contributed by atoms with van der Waals surface area (Å²) >= 11 is 1.61. The number of amides is 1. The minimum Gasteiger partial charge on any atom is -0.354 e. The van der Waals surface area contributed by atoms with Crippen molar-refractivity contribution in [3.63, 3.8) is 0 Å². The number of hydrogen-bond donors (Lipinski definition) is 1. The maximum atomic E-state index is 12.3. The number of anilines is 1. The van der Waals surface area contributed by atoms with E-state index < -0.39 is 0 Å². The van der Waals surface area contributed by atoms with Gasteiger partial charge in [-0.3, -0.25) is 4.79 Å². The number of fused-ring (bicyclic) bond motifs is 1. The summed E-state index contributed by atoms with van der Waals surface area (Å²) in [5.74, 6) is 1.01. The molecular formula is C14H18N4OS. The van der Waals surface area contributed by atoms with E-state index in [1.165, 1.54) is 0 Å². The molecule has 1 amide bonds. The van der Waals surface area contributed by atoms with Crippen molar-refractivity contribution in [3.8, 4) is 0 Å². The predicted molar refractivity (Wildman–Crippen MR) is 81.1 cm³/mol. The molecule has 0 saturated carbocycles. The van der Waals surface area contributed by atoms with E-state index >= 15 is 0 Å². The van der Waals surface area contributed by atoms with Gasteiger partial charge >= 0.3 is 0 Å². The Kier molecular flexibility index (Phi) is 3.82. The highest BCUT2D eigenvalue weighted by molar-refractivity contribution is 7.16. The number of rotatable bonds is 4. The fourth-order valence-electron chi connectivity index (χ4n) is 2.66. The molecule has 1 atom stereocenters. The summed E-state index contributed by atoms with van der Waals surface area (Å²) in [6.07, 6.45) is 4.47. The maximum absolute atomic E-state index is 12.3. The van der Waals surface area contributed by atoms with E-state index in [1.54, 1.807) is 17.7 Å². The Morgan fingerprint density at radius 2 is 2.45 bits per heavy atom. The minimum atomic E-state index is -0.0976. The molecule has 6 heteroatoms. The molecule has 3 rings (SSSR count). The lowest BCUT2D eigenvalue weighted by Gasteiger charge is -2.25. The van der Waals surface area contributed by atoms with Crippen LogP contribution < -0.4 is 10.2 Å². The molecule has 0 spiro atoms. The van der Waals surface area contributed by atoms with Crippen LogP contribution in [0.5, 0.6) is 0 Å². The normalized spacial score (nSPS) is 18.6. The van der Waals surface area contributed by atoms with Gasteiger partial charge in [0.05, 0.1) is 5.39 Å². The fraction of sp³-hybridized carbons (Fsp3) is 0.500. The molecule has 2 aromatic rings. The molecule has 0 bridgehead atoms. The van der Waals surface area contributed by atoms with Crippen molar-refractivity contribution in [2.45, 2.75) is 32.2 Å². The van der Waals surface area contributed by atoms with Crippen molar-refractivity contribution in [3.05, 3.63) is 17.8 Å². The Bertz CT molecular complexity index is 612. The molecule has 20 heavy (non-hydrogen) atoms. The number of thiophene rings is 1. The van der Waals surface area contributed by atoms with Crippen molar-refractivity contribution in [1.29, 1.82) is 0 Å². The summed E-state index contributed by atoms with van der Waals surface area (Å²) in [5.41, 5.74) is 0. The first-order chi connectivity index (χ1) is 9.81. The van der Waals surface area contributed by atoms with Crippen LogP contribution in [0.2, 0.25) is 0 Å². The van der Waals surface area contributed by atoms with Gasteiger partial charge in [0.15, 0.2) is 0 Å². The van der Waals surface area contributed by atoms with Gasteiger partial charge in [0, 0.05) is 13.1 Å². The molecule has 0 radical (unpaired) electrons. The lowest BCUT2D eigenvalue weighted by Crippen LogP contribution is -2.44. The second-order valence-corrected chi connectivity index (χ2v) is 5.87. The highest BCUT2D eigenvalue weighted by Crippen LogP contribution is 2.31. The Labute approximate surface area is 122 Å². The Morgan fingerprint density at radius 1 is 1.55 bits per heavy atom. The van der Waals surface area contributed by atoms with Crippen LogP contribution in [0, 0.1) is 0 Å². The van der Waals surface area contributed by atoms with Crippen molar-refractivity contribution in [1.82, 2.24) is 15.3 Å². The van der Waals surface area contributed by atoms with E-state index in [2.05, 4.69) is 27.1 Å². The van der Waals surface area contributed by atoms with Crippen molar-refractivity contribution in [2.24, 2.45) is 0 Å². The third-order valence-corrected chi connectivity index (χ3v) is 4.44. The van der Waals surface area contributed by atoms with Crippen LogP contribution in [-0.2, 0) is 4.79 Å². The number of hydrogen-bond acceptors (Lipinski definition) is 5. The summed E-state index contributed by atoms with van der Waals surface area (Å²) in [4.78, 5) is 24.1. The van der Waals surface area contributed by atoms with Gasteiger partial charge in [0.1, 0.15) is 23.0 Å². The zero-order chi connectivity index (χ0) is 13.9. The average Bonchev–Trinajstić information content (AvgIpc) is 3.12. The fourth-order valence-corrected chi connectivity index (χ4v) is 3.39. The number of nitrogens with one attached hydrogen (secondary N) is 1. The molecule has 2 aromatic heterocycles. The van der Waals surface area contributed by atoms with Gasteiger partial charge in [-0.2, -0.15) is 0 Å². The predicted octanol–water partition coefficient (Wildman–Crippen LogP) is 2.19. The third-order valence-electron chi connectivity index (χ3n) is 3.62. The molecule has 1 saturated heterocycles. The molecule has 0 aromatic carbocycles. The van der Waals surface area contributed by atoms with Gasteiger partial charge in [-0.05, 0) is 30.7 Å². The van der Waals surface area contributed by atoms with Crippen molar-refractivity contribution < 1.29 is 4.79 Å². The minimum absolute atomic E-state index is 0.0976. The Morgan fingerprint density at radius 3 is 3.30 bits per heavy atom. The monoisotopic (exact) mass is 290 g/mol. The van der Waals surface area contributed by atoms with E-state index in [4.69, 9.17) is 0 Å². The van der Waals surface area contributed by atoms with Gasteiger partial charge in [0.25, 0.3) is 0 Å². The largest absolute Gasteiger partial charge is 0.354 e. The highest BCUT2D eigenvalue weighted by atomic mass is 32.1. The van der Waals surface area contributed by atoms with Gasteiger partial charge in [-0.1, -0.05) is 6.92 Å². The van der Waals surface area contributed by atoms with E-state index in [1.807, 2.05) is 11.4 Å². The van der Waals surface area contributed by atoms with Crippen LogP contribution in [0.15, 0.2) is 17.8 Å². The first-order valence-electron chi connectivity index (χ1n) is 7.04. The quantitative estimate of drug-likeness (QED) is 0.937. The second kappa shape index (κ2) is 5.75. The van der Waals surface area contributed by atoms with Gasteiger partial charge in [0.2, 0.25) is 5.91 Å². The topological polar surface area (TPSA) is 58.1 Å². The van der Waals surface area contributed by atoms with E-state index in [0.717, 1.165) is 48.4 Å². The first kappa shape index (κ1) is 13.3. The van der Waals surface area contributed by atoms with Crippen molar-refractivity contribution in [2.75, 3.05) is 18.0 Å². The molecule has 1 aliphatic heterocycles. The smallest absolute Gasteiger partial charge is 0.242 e. The standard InChI is InChI=1S/C14H18N4OS/c1-2-6-15-13(19)11-4-3-7-18(11)12-10-5-8-20-14(10)17-9-16-12/h5,8-9,11H,2-4,6-7H2,1H3,(H,15,19). The molecule has 5 nitrogen and oxygen atoms in total. The summed E-state index contributed by atoms with van der Waals surface area (Å²) < 4.78 is 0. The molecule has 0 aliphatic carbocycles. The summed E-state index contributed by atoms with van der Waals surface area (Å²) in [5, 5.41) is 6.06. The lowest BCUT2D eigenvalue weighted by atomic mass is 10.2. The van der Waals surface area contributed by atoms with Gasteiger partial charge in [-0.25, -0.2) is 9.97 Å². The molecule has 1 aliphatic rings. The average molecular weight is 290 g/mol. The van der Waals surface area contributed by atoms with Crippen molar-refractivity contribution >= 4 is 33.3 Å². The van der Waals surface area contributed by atoms with Gasteiger partial charge in [-0.15, -0.1) is 11.3 Å². The molecular weight excluding hydrogens is 272 g/mol.